The van der Waals surface area contributed by atoms with Gasteiger partial charge in [-0.15, -0.1) is 0 Å². The number of hydrogen-bond donors (Lipinski definition) is 0. The lowest BCUT2D eigenvalue weighted by Gasteiger charge is -2.42. The Morgan fingerprint density at radius 1 is 1.14 bits per heavy atom. The van der Waals surface area contributed by atoms with Crippen molar-refractivity contribution in [3.8, 4) is 0 Å². The van der Waals surface area contributed by atoms with Crippen molar-refractivity contribution in [2.45, 2.75) is 50.9 Å². The quantitative estimate of drug-likeness (QED) is 0.699. The minimum atomic E-state index is -4.97. The van der Waals surface area contributed by atoms with E-state index in [1.807, 2.05) is 0 Å². The molecular formula is C20H24F4N2O3. The molecule has 1 aliphatic carbocycles. The Hall–Kier alpha value is -2.32. The summed E-state index contributed by atoms with van der Waals surface area (Å²) < 4.78 is 57.6. The summed E-state index contributed by atoms with van der Waals surface area (Å²) in [6.45, 7) is 5.59. The first-order valence-corrected chi connectivity index (χ1v) is 9.46. The van der Waals surface area contributed by atoms with E-state index < -0.39 is 35.6 Å². The summed E-state index contributed by atoms with van der Waals surface area (Å²) in [5.41, 5.74) is 0.0528. The zero-order valence-electron chi connectivity index (χ0n) is 16.5. The number of carbonyl (C=O) groups is 2. The van der Waals surface area contributed by atoms with Crippen LogP contribution in [0.25, 0.3) is 0 Å². The number of halogens is 4. The van der Waals surface area contributed by atoms with Crippen molar-refractivity contribution in [3.63, 3.8) is 0 Å². The van der Waals surface area contributed by atoms with Crippen LogP contribution in [0.4, 0.5) is 22.4 Å². The van der Waals surface area contributed by atoms with Crippen LogP contribution in [0.2, 0.25) is 0 Å². The Kier molecular flexibility index (Phi) is 5.53. The van der Waals surface area contributed by atoms with Crippen molar-refractivity contribution in [1.82, 2.24) is 9.80 Å². The lowest BCUT2D eigenvalue weighted by Crippen LogP contribution is -2.57. The lowest BCUT2D eigenvalue weighted by atomic mass is 9.99. The molecule has 1 saturated heterocycles. The van der Waals surface area contributed by atoms with Crippen LogP contribution >= 0.6 is 0 Å². The van der Waals surface area contributed by atoms with Crippen LogP contribution in [-0.2, 0) is 9.53 Å². The first-order chi connectivity index (χ1) is 13.3. The van der Waals surface area contributed by atoms with Gasteiger partial charge in [-0.3, -0.25) is 4.79 Å². The molecule has 2 unspecified atom stereocenters. The third kappa shape index (κ3) is 5.19. The Balaban J connectivity index is 1.62. The van der Waals surface area contributed by atoms with E-state index in [2.05, 4.69) is 0 Å². The molecule has 1 saturated carbocycles. The lowest BCUT2D eigenvalue weighted by molar-refractivity contribution is -0.187. The van der Waals surface area contributed by atoms with Gasteiger partial charge in [-0.25, -0.2) is 9.18 Å². The highest BCUT2D eigenvalue weighted by molar-refractivity contribution is 5.82. The first kappa shape index (κ1) is 21.4. The fourth-order valence-corrected chi connectivity index (χ4v) is 3.57. The van der Waals surface area contributed by atoms with E-state index in [-0.39, 0.29) is 31.5 Å². The molecule has 0 aromatic heterocycles. The van der Waals surface area contributed by atoms with Crippen LogP contribution in [0.1, 0.15) is 38.7 Å². The molecule has 3 rings (SSSR count). The summed E-state index contributed by atoms with van der Waals surface area (Å²) in [5, 5.41) is 0. The minimum Gasteiger partial charge on any atom is -0.444 e. The van der Waals surface area contributed by atoms with Crippen LogP contribution in [0.3, 0.4) is 0 Å². The smallest absolute Gasteiger partial charge is 0.444 e. The topological polar surface area (TPSA) is 49.9 Å². The van der Waals surface area contributed by atoms with Crippen molar-refractivity contribution in [2.24, 2.45) is 5.92 Å². The zero-order chi connectivity index (χ0) is 21.6. The van der Waals surface area contributed by atoms with Gasteiger partial charge in [0.2, 0.25) is 0 Å². The van der Waals surface area contributed by atoms with Crippen LogP contribution in [-0.4, -0.2) is 59.3 Å². The molecule has 1 aromatic rings. The second-order valence-corrected chi connectivity index (χ2v) is 8.67. The van der Waals surface area contributed by atoms with Crippen LogP contribution in [0, 0.1) is 11.7 Å². The summed E-state index contributed by atoms with van der Waals surface area (Å²) >= 11 is 0. The number of amides is 2. The van der Waals surface area contributed by atoms with Crippen LogP contribution in [0.5, 0.6) is 0 Å². The Bertz CT molecular complexity index is 767. The number of alkyl halides is 3. The molecule has 0 bridgehead atoms. The van der Waals surface area contributed by atoms with Gasteiger partial charge >= 0.3 is 18.2 Å². The number of carbonyl (C=O) groups excluding carboxylic acids is 2. The maximum absolute atomic E-state index is 13.1. The van der Waals surface area contributed by atoms with Gasteiger partial charge in [-0.05, 0) is 44.9 Å². The molecule has 1 aromatic carbocycles. The van der Waals surface area contributed by atoms with E-state index in [1.165, 1.54) is 29.2 Å². The predicted octanol–water partition coefficient (Wildman–Crippen LogP) is 3.94. The summed E-state index contributed by atoms with van der Waals surface area (Å²) in [5.74, 6) is -2.79. The highest BCUT2D eigenvalue weighted by atomic mass is 19.4. The largest absolute Gasteiger partial charge is 0.471 e. The summed E-state index contributed by atoms with van der Waals surface area (Å²) in [4.78, 5) is 26.3. The second-order valence-electron chi connectivity index (χ2n) is 8.67. The van der Waals surface area contributed by atoms with Gasteiger partial charge in [-0.2, -0.15) is 13.2 Å². The minimum absolute atomic E-state index is 0.0833. The zero-order valence-corrected chi connectivity index (χ0v) is 16.5. The number of likely N-dealkylation sites (tertiary alicyclic amines) is 1. The molecule has 0 radical (unpaired) electrons. The maximum atomic E-state index is 13.1. The molecule has 1 heterocycles. The number of benzene rings is 1. The van der Waals surface area contributed by atoms with Crippen molar-refractivity contribution in [2.75, 3.05) is 19.6 Å². The molecule has 29 heavy (non-hydrogen) atoms. The summed E-state index contributed by atoms with van der Waals surface area (Å²) in [6, 6.07) is 5.00. The molecule has 160 valence electrons. The highest BCUT2D eigenvalue weighted by Crippen LogP contribution is 2.46. The number of nitrogens with zero attached hydrogens (tertiary/aromatic N) is 2. The number of rotatable bonds is 4. The maximum Gasteiger partial charge on any atom is 0.471 e. The standard InChI is InChI=1S/C20H24F4N2O3/c1-19(2,3)29-18(28)25-9-12(10-25)11-26(17(27)20(22,23)24)16-8-15(16)13-4-6-14(21)7-5-13/h4-7,12,15-16H,8-11H2,1-3H3. The third-order valence-corrected chi connectivity index (χ3v) is 5.02. The first-order valence-electron chi connectivity index (χ1n) is 9.46. The van der Waals surface area contributed by atoms with Crippen LogP contribution < -0.4 is 0 Å². The van der Waals surface area contributed by atoms with Gasteiger partial charge in [0.25, 0.3) is 0 Å². The fraction of sp³-hybridized carbons (Fsp3) is 0.600. The Morgan fingerprint density at radius 3 is 2.24 bits per heavy atom. The van der Waals surface area contributed by atoms with E-state index in [0.717, 1.165) is 4.90 Å². The number of ether oxygens (including phenoxy) is 1. The van der Waals surface area contributed by atoms with Crippen molar-refractivity contribution >= 4 is 12.0 Å². The van der Waals surface area contributed by atoms with E-state index in [9.17, 15) is 27.2 Å². The third-order valence-electron chi connectivity index (χ3n) is 5.02. The van der Waals surface area contributed by atoms with E-state index >= 15 is 0 Å². The van der Waals surface area contributed by atoms with E-state index in [4.69, 9.17) is 4.74 Å². The van der Waals surface area contributed by atoms with Crippen molar-refractivity contribution in [1.29, 1.82) is 0 Å². The molecule has 2 fully saturated rings. The van der Waals surface area contributed by atoms with Crippen molar-refractivity contribution in [3.05, 3.63) is 35.6 Å². The monoisotopic (exact) mass is 416 g/mol. The predicted molar refractivity (Wildman–Crippen MR) is 96.6 cm³/mol. The van der Waals surface area contributed by atoms with Gasteiger partial charge in [0, 0.05) is 37.5 Å². The fourth-order valence-electron chi connectivity index (χ4n) is 3.57. The van der Waals surface area contributed by atoms with Gasteiger partial charge in [-0.1, -0.05) is 12.1 Å². The molecule has 1 aliphatic heterocycles. The molecule has 0 N–H and O–H groups in total. The molecule has 9 heteroatoms. The Labute approximate surface area is 166 Å². The highest BCUT2D eigenvalue weighted by Gasteiger charge is 2.53. The van der Waals surface area contributed by atoms with Gasteiger partial charge < -0.3 is 14.5 Å². The average Bonchev–Trinajstić information content (AvgIpc) is 3.31. The molecule has 0 spiro atoms. The van der Waals surface area contributed by atoms with Crippen molar-refractivity contribution < 1.29 is 31.9 Å². The van der Waals surface area contributed by atoms with E-state index in [1.54, 1.807) is 20.8 Å². The number of hydrogen-bond acceptors (Lipinski definition) is 3. The second kappa shape index (κ2) is 7.50. The average molecular weight is 416 g/mol. The molecule has 2 amide bonds. The van der Waals surface area contributed by atoms with Gasteiger partial charge in [0.1, 0.15) is 11.4 Å². The molecule has 2 atom stereocenters. The summed E-state index contributed by atoms with van der Waals surface area (Å²) in [7, 11) is 0. The normalized spacial score (nSPS) is 22.1. The molecule has 5 nitrogen and oxygen atoms in total. The molecule has 2 aliphatic rings. The van der Waals surface area contributed by atoms with E-state index in [0.29, 0.717) is 12.0 Å². The van der Waals surface area contributed by atoms with Crippen LogP contribution in [0.15, 0.2) is 24.3 Å². The SMILES string of the molecule is CC(C)(C)OC(=O)N1CC(CN(C(=O)C(F)(F)F)C2CC2c2ccc(F)cc2)C1. The summed E-state index contributed by atoms with van der Waals surface area (Å²) in [6.07, 6.45) is -5.08. The Morgan fingerprint density at radius 2 is 1.72 bits per heavy atom. The van der Waals surface area contributed by atoms with Gasteiger partial charge in [0.05, 0.1) is 0 Å². The molecular weight excluding hydrogens is 392 g/mol. The van der Waals surface area contributed by atoms with Gasteiger partial charge in [0.15, 0.2) is 0 Å².